The van der Waals surface area contributed by atoms with E-state index in [9.17, 15) is 0 Å². The highest BCUT2D eigenvalue weighted by Crippen LogP contribution is 2.63. The molecule has 10 aromatic rings. The Labute approximate surface area is 368 Å². The first-order valence-electron chi connectivity index (χ1n) is 22.0. The van der Waals surface area contributed by atoms with E-state index < -0.39 is 5.41 Å². The SMILES string of the molecule is C/C=C\c1ccc(-c2ccc(N(c3ccc4c(c3)C3(c5ccccc5-c5ccccc53)c3ccccc3-4)c3ccc4c5c(cccc35)-c3ccccc3-4)cc2)cc1-c1ccccc1. The molecule has 1 spiro atoms. The Bertz CT molecular complexity index is 3420. The molecule has 3 aliphatic carbocycles. The molecular weight excluding hydrogens is 759 g/mol. The van der Waals surface area contributed by atoms with E-state index in [1.807, 2.05) is 0 Å². The van der Waals surface area contributed by atoms with Crippen molar-refractivity contribution >= 4 is 33.9 Å². The van der Waals surface area contributed by atoms with Gasteiger partial charge < -0.3 is 4.90 Å². The molecule has 63 heavy (non-hydrogen) atoms. The predicted molar refractivity (Wildman–Crippen MR) is 265 cm³/mol. The maximum atomic E-state index is 2.51. The molecule has 0 heterocycles. The van der Waals surface area contributed by atoms with Crippen molar-refractivity contribution in [1.82, 2.24) is 0 Å². The van der Waals surface area contributed by atoms with Gasteiger partial charge in [-0.25, -0.2) is 0 Å². The summed E-state index contributed by atoms with van der Waals surface area (Å²) in [5.41, 5.74) is 24.8. The molecule has 3 aliphatic rings. The van der Waals surface area contributed by atoms with Crippen molar-refractivity contribution in [2.45, 2.75) is 12.3 Å². The van der Waals surface area contributed by atoms with Gasteiger partial charge in [0.05, 0.1) is 11.1 Å². The van der Waals surface area contributed by atoms with E-state index in [2.05, 4.69) is 242 Å². The summed E-state index contributed by atoms with van der Waals surface area (Å²) in [4.78, 5) is 2.50. The summed E-state index contributed by atoms with van der Waals surface area (Å²) in [6.07, 6.45) is 4.32. The number of hydrogen-bond donors (Lipinski definition) is 0. The Morgan fingerprint density at radius 2 is 0.873 bits per heavy atom. The number of fused-ring (bicyclic) bond motifs is 13. The van der Waals surface area contributed by atoms with Crippen LogP contribution in [0.3, 0.4) is 0 Å². The minimum atomic E-state index is -0.441. The highest BCUT2D eigenvalue weighted by Gasteiger charge is 2.51. The second kappa shape index (κ2) is 13.8. The van der Waals surface area contributed by atoms with Crippen molar-refractivity contribution in [3.63, 3.8) is 0 Å². The summed E-state index contributed by atoms with van der Waals surface area (Å²) in [6.45, 7) is 2.08. The van der Waals surface area contributed by atoms with Crippen LogP contribution >= 0.6 is 0 Å². The zero-order valence-electron chi connectivity index (χ0n) is 34.9. The monoisotopic (exact) mass is 799 g/mol. The molecule has 10 aromatic carbocycles. The molecule has 0 amide bonds. The van der Waals surface area contributed by atoms with Gasteiger partial charge in [-0.05, 0) is 143 Å². The van der Waals surface area contributed by atoms with Gasteiger partial charge in [0.25, 0.3) is 0 Å². The summed E-state index contributed by atoms with van der Waals surface area (Å²) >= 11 is 0. The van der Waals surface area contributed by atoms with Crippen LogP contribution in [0.5, 0.6) is 0 Å². The first-order valence-corrected chi connectivity index (χ1v) is 22.0. The lowest BCUT2D eigenvalue weighted by molar-refractivity contribution is 0.793. The smallest absolute Gasteiger partial charge is 0.0726 e. The topological polar surface area (TPSA) is 3.24 Å². The van der Waals surface area contributed by atoms with Crippen molar-refractivity contribution in [2.75, 3.05) is 4.90 Å². The predicted octanol–water partition coefficient (Wildman–Crippen LogP) is 16.7. The highest BCUT2D eigenvalue weighted by atomic mass is 15.1. The lowest BCUT2D eigenvalue weighted by atomic mass is 9.70. The summed E-state index contributed by atoms with van der Waals surface area (Å²) in [5, 5.41) is 2.56. The zero-order valence-corrected chi connectivity index (χ0v) is 34.9. The van der Waals surface area contributed by atoms with Crippen molar-refractivity contribution in [1.29, 1.82) is 0 Å². The van der Waals surface area contributed by atoms with E-state index in [1.54, 1.807) is 0 Å². The van der Waals surface area contributed by atoms with Crippen molar-refractivity contribution in [3.05, 3.63) is 252 Å². The molecule has 0 unspecified atom stereocenters. The Balaban J connectivity index is 1.03. The van der Waals surface area contributed by atoms with Gasteiger partial charge in [0.15, 0.2) is 0 Å². The molecule has 0 radical (unpaired) electrons. The summed E-state index contributed by atoms with van der Waals surface area (Å²) in [6, 6.07) is 81.6. The maximum absolute atomic E-state index is 2.51. The molecule has 294 valence electrons. The molecule has 0 fully saturated rings. The first kappa shape index (κ1) is 35.7. The van der Waals surface area contributed by atoms with E-state index in [1.165, 1.54) is 105 Å². The number of hydrogen-bond acceptors (Lipinski definition) is 1. The quantitative estimate of drug-likeness (QED) is 0.162. The molecular formula is C62H41N. The van der Waals surface area contributed by atoms with Crippen LogP contribution in [0.1, 0.15) is 34.7 Å². The van der Waals surface area contributed by atoms with Crippen molar-refractivity contribution in [2.24, 2.45) is 0 Å². The molecule has 0 N–H and O–H groups in total. The normalized spacial score (nSPS) is 13.2. The minimum absolute atomic E-state index is 0.441. The number of nitrogens with zero attached hydrogens (tertiary/aromatic N) is 1. The number of anilines is 3. The van der Waals surface area contributed by atoms with Crippen molar-refractivity contribution < 1.29 is 0 Å². The Morgan fingerprint density at radius 3 is 1.52 bits per heavy atom. The van der Waals surface area contributed by atoms with Crippen LogP contribution in [0.2, 0.25) is 0 Å². The number of rotatable bonds is 6. The van der Waals surface area contributed by atoms with Gasteiger partial charge >= 0.3 is 0 Å². The van der Waals surface area contributed by atoms with Gasteiger partial charge in [-0.2, -0.15) is 0 Å². The average Bonchev–Trinajstić information content (AvgIpc) is 3.95. The van der Waals surface area contributed by atoms with Crippen LogP contribution in [0.25, 0.3) is 83.6 Å². The largest absolute Gasteiger partial charge is 0.310 e. The number of allylic oxidation sites excluding steroid dienone is 1. The van der Waals surface area contributed by atoms with Crippen LogP contribution in [0, 0.1) is 0 Å². The third-order valence-corrected chi connectivity index (χ3v) is 13.9. The molecule has 1 heteroatoms. The Morgan fingerprint density at radius 1 is 0.349 bits per heavy atom. The first-order chi connectivity index (χ1) is 31.2. The minimum Gasteiger partial charge on any atom is -0.310 e. The average molecular weight is 800 g/mol. The van der Waals surface area contributed by atoms with Gasteiger partial charge in [-0.1, -0.05) is 194 Å². The maximum Gasteiger partial charge on any atom is 0.0726 e. The van der Waals surface area contributed by atoms with Crippen LogP contribution in [0.15, 0.2) is 224 Å². The molecule has 0 aliphatic heterocycles. The second-order valence-corrected chi connectivity index (χ2v) is 17.1. The lowest BCUT2D eigenvalue weighted by Crippen LogP contribution is -2.26. The van der Waals surface area contributed by atoms with E-state index in [-0.39, 0.29) is 0 Å². The fraction of sp³-hybridized carbons (Fsp3) is 0.0323. The summed E-state index contributed by atoms with van der Waals surface area (Å²) in [5.74, 6) is 0. The fourth-order valence-electron chi connectivity index (χ4n) is 11.4. The molecule has 0 saturated heterocycles. The third-order valence-electron chi connectivity index (χ3n) is 13.9. The standard InChI is InChI=1S/C62H41N/c1-2-15-41-28-29-43(38-55(41)42-16-4-3-5-17-42)40-30-32-44(33-31-40)63(60-37-36-53-47-19-7-6-18-46(47)52-23-14-24-54(60)61(52)53)45-34-35-51-50-22-10-13-27-58(50)62(59(51)39-45)56-25-11-8-20-48(56)49-21-9-12-26-57(49)62/h2-39H,1H3/b15-2-. The fourth-order valence-corrected chi connectivity index (χ4v) is 11.4. The molecule has 1 nitrogen and oxygen atoms in total. The van der Waals surface area contributed by atoms with E-state index in [0.717, 1.165) is 17.1 Å². The Kier molecular flexibility index (Phi) is 7.80. The van der Waals surface area contributed by atoms with Crippen LogP contribution < -0.4 is 4.90 Å². The van der Waals surface area contributed by atoms with E-state index in [0.29, 0.717) is 0 Å². The Hall–Kier alpha value is -8.00. The molecule has 0 aromatic heterocycles. The third kappa shape index (κ3) is 5.05. The van der Waals surface area contributed by atoms with Gasteiger partial charge in [0.2, 0.25) is 0 Å². The van der Waals surface area contributed by atoms with Crippen LogP contribution in [-0.4, -0.2) is 0 Å². The van der Waals surface area contributed by atoms with Gasteiger partial charge in [0, 0.05) is 16.8 Å². The van der Waals surface area contributed by atoms with Gasteiger partial charge in [-0.15, -0.1) is 0 Å². The van der Waals surface area contributed by atoms with Crippen LogP contribution in [-0.2, 0) is 5.41 Å². The second-order valence-electron chi connectivity index (χ2n) is 17.1. The molecule has 13 rings (SSSR count). The van der Waals surface area contributed by atoms with Gasteiger partial charge in [0.1, 0.15) is 0 Å². The molecule has 0 bridgehead atoms. The zero-order chi connectivity index (χ0) is 41.6. The van der Waals surface area contributed by atoms with Crippen molar-refractivity contribution in [3.8, 4) is 66.8 Å². The summed E-state index contributed by atoms with van der Waals surface area (Å²) < 4.78 is 0. The van der Waals surface area contributed by atoms with Crippen LogP contribution in [0.4, 0.5) is 17.1 Å². The highest BCUT2D eigenvalue weighted by molar-refractivity contribution is 6.19. The molecule has 0 atom stereocenters. The molecule has 0 saturated carbocycles. The summed E-state index contributed by atoms with van der Waals surface area (Å²) in [7, 11) is 0. The van der Waals surface area contributed by atoms with E-state index in [4.69, 9.17) is 0 Å². The lowest BCUT2D eigenvalue weighted by Gasteiger charge is -2.32. The van der Waals surface area contributed by atoms with E-state index >= 15 is 0 Å². The van der Waals surface area contributed by atoms with Gasteiger partial charge in [-0.3, -0.25) is 0 Å². The number of benzene rings is 10.